The van der Waals surface area contributed by atoms with Crippen molar-refractivity contribution < 1.29 is 24.2 Å². The summed E-state index contributed by atoms with van der Waals surface area (Å²) in [5.74, 6) is -0.272. The van der Waals surface area contributed by atoms with E-state index in [1.165, 1.54) is 19.3 Å². The second kappa shape index (κ2) is 17.4. The fourth-order valence-electron chi connectivity index (χ4n) is 6.75. The highest BCUT2D eigenvalue weighted by Gasteiger charge is 2.33. The average molecular weight is 677 g/mol. The first-order chi connectivity index (χ1) is 24.4. The van der Waals surface area contributed by atoms with Crippen LogP contribution in [0.1, 0.15) is 79.6 Å². The standard InChI is InChI=1S/C41H48N4O5/c42-36-11-4-5-12-37(36)44-40(48)14-8-13-39(47)43-26-33-9-2-3-10-35(33)30-19-21-32(22-20-30)41-49-34(27-45-23-6-1-7-24-45)25-38(50-41)31-17-15-29(28-46)16-18-31/h2-5,9-12,15-22,34,38,41,46H,1,6-8,13-14,23-28,42H2,(H,43,47)(H,44,48)/t34-,38+,41+/m0/s1. The van der Waals surface area contributed by atoms with Crippen molar-refractivity contribution in [2.24, 2.45) is 0 Å². The highest BCUT2D eigenvalue weighted by atomic mass is 16.7. The summed E-state index contributed by atoms with van der Waals surface area (Å²) in [7, 11) is 0. The summed E-state index contributed by atoms with van der Waals surface area (Å²) in [4.78, 5) is 27.5. The molecule has 262 valence electrons. The first-order valence-electron chi connectivity index (χ1n) is 17.8. The number of piperidine rings is 1. The Morgan fingerprint density at radius 1 is 0.800 bits per heavy atom. The Hall–Kier alpha value is -4.54. The molecule has 4 aromatic rings. The Kier molecular flexibility index (Phi) is 12.3. The Balaban J connectivity index is 1.07. The summed E-state index contributed by atoms with van der Waals surface area (Å²) in [6.07, 6.45) is 4.87. The predicted molar refractivity (Wildman–Crippen MR) is 196 cm³/mol. The first kappa shape index (κ1) is 35.3. The lowest BCUT2D eigenvalue weighted by molar-refractivity contribution is -0.253. The predicted octanol–water partition coefficient (Wildman–Crippen LogP) is 6.88. The number of hydrogen-bond donors (Lipinski definition) is 4. The summed E-state index contributed by atoms with van der Waals surface area (Å²) in [6.45, 7) is 3.50. The SMILES string of the molecule is Nc1ccccc1NC(=O)CCCC(=O)NCc1ccccc1-c1ccc([C@@H]2O[C@H](CN3CCCCC3)C[C@H](c3ccc(CO)cc3)O2)cc1. The Morgan fingerprint density at radius 3 is 2.26 bits per heavy atom. The molecule has 3 atom stereocenters. The largest absolute Gasteiger partial charge is 0.397 e. The van der Waals surface area contributed by atoms with Crippen LogP contribution in [0.2, 0.25) is 0 Å². The van der Waals surface area contributed by atoms with E-state index in [0.717, 1.165) is 59.4 Å². The van der Waals surface area contributed by atoms with Gasteiger partial charge < -0.3 is 35.8 Å². The molecule has 0 radical (unpaired) electrons. The number of hydrogen-bond acceptors (Lipinski definition) is 7. The number of likely N-dealkylation sites (tertiary alicyclic amines) is 1. The van der Waals surface area contributed by atoms with Crippen LogP contribution in [0, 0.1) is 0 Å². The third kappa shape index (κ3) is 9.57. The Labute approximate surface area is 294 Å². The van der Waals surface area contributed by atoms with E-state index in [-0.39, 0.29) is 43.5 Å². The van der Waals surface area contributed by atoms with Crippen molar-refractivity contribution in [2.45, 2.75) is 76.6 Å². The maximum absolute atomic E-state index is 12.7. The molecule has 0 spiro atoms. The molecule has 2 saturated heterocycles. The molecule has 0 unspecified atom stereocenters. The topological polar surface area (TPSA) is 126 Å². The minimum Gasteiger partial charge on any atom is -0.397 e. The number of aliphatic hydroxyl groups excluding tert-OH is 1. The molecule has 50 heavy (non-hydrogen) atoms. The number of benzene rings is 4. The van der Waals surface area contributed by atoms with E-state index in [2.05, 4.69) is 58.0 Å². The summed E-state index contributed by atoms with van der Waals surface area (Å²) in [5.41, 5.74) is 13.0. The van der Waals surface area contributed by atoms with E-state index in [0.29, 0.717) is 24.3 Å². The van der Waals surface area contributed by atoms with Gasteiger partial charge in [0, 0.05) is 37.9 Å². The minimum absolute atomic E-state index is 0.0170. The van der Waals surface area contributed by atoms with Crippen LogP contribution in [-0.4, -0.2) is 47.6 Å². The number of anilines is 2. The molecular weight excluding hydrogens is 628 g/mol. The highest BCUT2D eigenvalue weighted by molar-refractivity contribution is 5.94. The number of aliphatic hydroxyl groups is 1. The van der Waals surface area contributed by atoms with Gasteiger partial charge in [0.1, 0.15) is 0 Å². The molecule has 5 N–H and O–H groups in total. The van der Waals surface area contributed by atoms with E-state index < -0.39 is 6.29 Å². The quantitative estimate of drug-likeness (QED) is 0.114. The number of nitrogens with one attached hydrogen (secondary N) is 2. The lowest BCUT2D eigenvalue weighted by atomic mass is 9.97. The van der Waals surface area contributed by atoms with E-state index in [9.17, 15) is 14.7 Å². The fraction of sp³-hybridized carbons (Fsp3) is 0.366. The van der Waals surface area contributed by atoms with Gasteiger partial charge in [-0.1, -0.05) is 91.3 Å². The van der Waals surface area contributed by atoms with Gasteiger partial charge in [-0.05, 0) is 72.3 Å². The van der Waals surface area contributed by atoms with Crippen LogP contribution in [0.5, 0.6) is 0 Å². The van der Waals surface area contributed by atoms with Gasteiger partial charge in [-0.15, -0.1) is 0 Å². The number of amides is 2. The minimum atomic E-state index is -0.503. The zero-order valence-electron chi connectivity index (χ0n) is 28.6. The molecule has 6 rings (SSSR count). The van der Waals surface area contributed by atoms with Gasteiger partial charge in [0.15, 0.2) is 6.29 Å². The van der Waals surface area contributed by atoms with Gasteiger partial charge in [-0.2, -0.15) is 0 Å². The van der Waals surface area contributed by atoms with E-state index in [1.54, 1.807) is 12.1 Å². The zero-order chi connectivity index (χ0) is 34.7. The number of rotatable bonds is 13. The van der Waals surface area contributed by atoms with Crippen LogP contribution >= 0.6 is 0 Å². The molecule has 2 aliphatic rings. The van der Waals surface area contributed by atoms with Crippen LogP contribution in [-0.2, 0) is 32.2 Å². The van der Waals surface area contributed by atoms with Crippen molar-refractivity contribution in [1.82, 2.24) is 10.2 Å². The third-order valence-electron chi connectivity index (χ3n) is 9.56. The van der Waals surface area contributed by atoms with Gasteiger partial charge in [-0.3, -0.25) is 9.59 Å². The second-order valence-electron chi connectivity index (χ2n) is 13.3. The lowest BCUT2D eigenvalue weighted by Gasteiger charge is -2.39. The molecule has 0 saturated carbocycles. The van der Waals surface area contributed by atoms with Crippen LogP contribution in [0.3, 0.4) is 0 Å². The number of para-hydroxylation sites is 2. The molecule has 0 aromatic heterocycles. The molecule has 4 aromatic carbocycles. The smallest absolute Gasteiger partial charge is 0.224 e. The normalized spacial score (nSPS) is 19.5. The molecule has 2 heterocycles. The number of ether oxygens (including phenoxy) is 2. The zero-order valence-corrected chi connectivity index (χ0v) is 28.6. The average Bonchev–Trinajstić information content (AvgIpc) is 3.15. The molecule has 2 amide bonds. The molecule has 2 fully saturated rings. The number of nitrogen functional groups attached to an aromatic ring is 1. The van der Waals surface area contributed by atoms with Crippen molar-refractivity contribution in [2.75, 3.05) is 30.7 Å². The monoisotopic (exact) mass is 676 g/mol. The third-order valence-corrected chi connectivity index (χ3v) is 9.56. The maximum atomic E-state index is 12.7. The summed E-state index contributed by atoms with van der Waals surface area (Å²) in [6, 6.07) is 31.5. The van der Waals surface area contributed by atoms with Gasteiger partial charge in [0.25, 0.3) is 0 Å². The molecule has 2 aliphatic heterocycles. The van der Waals surface area contributed by atoms with Crippen LogP contribution < -0.4 is 16.4 Å². The summed E-state index contributed by atoms with van der Waals surface area (Å²) in [5, 5.41) is 15.4. The summed E-state index contributed by atoms with van der Waals surface area (Å²) >= 11 is 0. The van der Waals surface area contributed by atoms with Crippen LogP contribution in [0.4, 0.5) is 11.4 Å². The van der Waals surface area contributed by atoms with E-state index in [4.69, 9.17) is 15.2 Å². The maximum Gasteiger partial charge on any atom is 0.224 e. The first-order valence-corrected chi connectivity index (χ1v) is 17.8. The fourth-order valence-corrected chi connectivity index (χ4v) is 6.75. The number of nitrogens with zero attached hydrogens (tertiary/aromatic N) is 1. The van der Waals surface area contributed by atoms with Gasteiger partial charge in [-0.25, -0.2) is 0 Å². The number of nitrogens with two attached hydrogens (primary N) is 1. The lowest BCUT2D eigenvalue weighted by Crippen LogP contribution is -2.41. The van der Waals surface area contributed by atoms with Crippen molar-refractivity contribution >= 4 is 23.2 Å². The van der Waals surface area contributed by atoms with Crippen molar-refractivity contribution in [3.8, 4) is 11.1 Å². The molecule has 9 heteroatoms. The number of carbonyl (C=O) groups excluding carboxylic acids is 2. The van der Waals surface area contributed by atoms with Crippen molar-refractivity contribution in [3.63, 3.8) is 0 Å². The van der Waals surface area contributed by atoms with Gasteiger partial charge in [0.05, 0.1) is 30.2 Å². The number of carbonyl (C=O) groups is 2. The van der Waals surface area contributed by atoms with E-state index in [1.807, 2.05) is 42.5 Å². The molecule has 0 bridgehead atoms. The molecule has 9 nitrogen and oxygen atoms in total. The van der Waals surface area contributed by atoms with Crippen LogP contribution in [0.15, 0.2) is 97.1 Å². The summed E-state index contributed by atoms with van der Waals surface area (Å²) < 4.78 is 13.2. The van der Waals surface area contributed by atoms with E-state index >= 15 is 0 Å². The van der Waals surface area contributed by atoms with Gasteiger partial charge in [0.2, 0.25) is 11.8 Å². The van der Waals surface area contributed by atoms with Crippen molar-refractivity contribution in [1.29, 1.82) is 0 Å². The second-order valence-corrected chi connectivity index (χ2v) is 13.3. The Bertz CT molecular complexity index is 1710. The highest BCUT2D eigenvalue weighted by Crippen LogP contribution is 2.39. The van der Waals surface area contributed by atoms with Gasteiger partial charge >= 0.3 is 0 Å². The molecular formula is C41H48N4O5. The molecule has 0 aliphatic carbocycles. The van der Waals surface area contributed by atoms with Crippen molar-refractivity contribution in [3.05, 3.63) is 119 Å². The van der Waals surface area contributed by atoms with Crippen LogP contribution in [0.25, 0.3) is 11.1 Å². The Morgan fingerprint density at radius 2 is 1.50 bits per heavy atom.